The molecule has 2 rings (SSSR count). The molecule has 0 aromatic rings. The maximum Gasteiger partial charge on any atom is 0.0466 e. The summed E-state index contributed by atoms with van der Waals surface area (Å²) in [6, 6.07) is 0.694. The Bertz CT molecular complexity index is 454. The smallest absolute Gasteiger partial charge is 0.0466 e. The normalized spacial score (nSPS) is 21.8. The highest BCUT2D eigenvalue weighted by molar-refractivity contribution is 4.67. The van der Waals surface area contributed by atoms with Crippen LogP contribution in [0.25, 0.3) is 0 Å². The molecular formula is C37H78N4. The zero-order valence-electron chi connectivity index (χ0n) is 28.1. The van der Waals surface area contributed by atoms with Gasteiger partial charge in [-0.3, -0.25) is 5.32 Å². The zero-order valence-corrected chi connectivity index (χ0v) is 28.1. The second-order valence-corrected chi connectivity index (χ2v) is 13.7. The average Bonchev–Trinajstić information content (AvgIpc) is 3.00. The van der Waals surface area contributed by atoms with Crippen LogP contribution in [0, 0.1) is 5.92 Å². The Morgan fingerprint density at radius 2 is 0.780 bits per heavy atom. The van der Waals surface area contributed by atoms with Crippen molar-refractivity contribution in [2.45, 2.75) is 212 Å². The highest BCUT2D eigenvalue weighted by Gasteiger charge is 2.09. The Kier molecular flexibility index (Phi) is 31.0. The summed E-state index contributed by atoms with van der Waals surface area (Å²) in [4.78, 5) is 0. The fourth-order valence-electron chi connectivity index (χ4n) is 7.01. The molecule has 246 valence electrons. The van der Waals surface area contributed by atoms with Gasteiger partial charge in [0, 0.05) is 19.4 Å². The minimum Gasteiger partial charge on any atom is -0.330 e. The number of nitrogens with two attached hydrogens (primary N) is 2. The quantitative estimate of drug-likeness (QED) is 0.162. The van der Waals surface area contributed by atoms with E-state index in [9.17, 15) is 0 Å². The van der Waals surface area contributed by atoms with Gasteiger partial charge in [-0.25, -0.2) is 0 Å². The first kappa shape index (κ1) is 38.9. The van der Waals surface area contributed by atoms with Crippen LogP contribution in [0.1, 0.15) is 205 Å². The number of rotatable bonds is 9. The second kappa shape index (κ2) is 32.7. The highest BCUT2D eigenvalue weighted by Crippen LogP contribution is 2.25. The van der Waals surface area contributed by atoms with Crippen molar-refractivity contribution in [3.63, 3.8) is 0 Å². The fraction of sp³-hybridized carbons (Fsp3) is 1.00. The summed E-state index contributed by atoms with van der Waals surface area (Å²) in [5.41, 5.74) is 11.1. The van der Waals surface area contributed by atoms with Crippen molar-refractivity contribution < 1.29 is 0 Å². The lowest BCUT2D eigenvalue weighted by Gasteiger charge is -2.19. The molecule has 0 aromatic heterocycles. The van der Waals surface area contributed by atoms with Crippen molar-refractivity contribution in [3.8, 4) is 0 Å². The Balaban J connectivity index is 0.000000410. The molecule has 0 bridgehead atoms. The van der Waals surface area contributed by atoms with E-state index in [1.807, 2.05) is 0 Å². The molecule has 2 aliphatic carbocycles. The Morgan fingerprint density at radius 1 is 0.415 bits per heavy atom. The third kappa shape index (κ3) is 28.4. The minimum atomic E-state index is 0.569. The van der Waals surface area contributed by atoms with Gasteiger partial charge in [-0.05, 0) is 31.7 Å². The second-order valence-electron chi connectivity index (χ2n) is 13.7. The molecule has 0 aromatic carbocycles. The molecule has 2 fully saturated rings. The molecule has 41 heavy (non-hydrogen) atoms. The largest absolute Gasteiger partial charge is 0.330 e. The Morgan fingerprint density at radius 3 is 1.15 bits per heavy atom. The molecule has 0 heterocycles. The summed E-state index contributed by atoms with van der Waals surface area (Å²) in [7, 11) is 0. The third-order valence-electron chi connectivity index (χ3n) is 9.81. The molecule has 4 heteroatoms. The van der Waals surface area contributed by atoms with Crippen LogP contribution in [0.4, 0.5) is 0 Å². The van der Waals surface area contributed by atoms with Crippen molar-refractivity contribution in [2.24, 2.45) is 17.4 Å². The van der Waals surface area contributed by atoms with Crippen LogP contribution >= 0.6 is 0 Å². The number of nitrogens with one attached hydrogen (secondary N) is 2. The monoisotopic (exact) mass is 579 g/mol. The predicted molar refractivity (Wildman–Crippen MR) is 184 cm³/mol. The SMILES string of the molecule is NCCCCCC1CCCCCCCCCCCCCC1.NCNCNC1CCCCCCCCCCCCCC1. The van der Waals surface area contributed by atoms with Crippen molar-refractivity contribution in [3.05, 3.63) is 0 Å². The van der Waals surface area contributed by atoms with Crippen molar-refractivity contribution in [1.82, 2.24) is 10.6 Å². The maximum absolute atomic E-state index is 5.60. The van der Waals surface area contributed by atoms with Gasteiger partial charge in [-0.1, -0.05) is 186 Å². The summed E-state index contributed by atoms with van der Waals surface area (Å²) >= 11 is 0. The molecular weight excluding hydrogens is 500 g/mol. The maximum atomic E-state index is 5.60. The lowest BCUT2D eigenvalue weighted by atomic mass is 9.90. The first-order chi connectivity index (χ1) is 20.4. The third-order valence-corrected chi connectivity index (χ3v) is 9.81. The standard InChI is InChI=1S/C20H41N.C17H37N3/c21-19-15-11-14-18-20-16-12-9-7-5-3-1-2-4-6-8-10-13-17-20;18-15-19-16-20-17-13-11-9-7-5-3-1-2-4-6-8-10-12-14-17/h20H,1-19,21H2;17,19-20H,1-16,18H2. The van der Waals surface area contributed by atoms with E-state index in [0.717, 1.165) is 19.1 Å². The molecule has 4 nitrogen and oxygen atoms in total. The zero-order chi connectivity index (χ0) is 29.3. The van der Waals surface area contributed by atoms with E-state index >= 15 is 0 Å². The fourth-order valence-corrected chi connectivity index (χ4v) is 7.01. The van der Waals surface area contributed by atoms with Gasteiger partial charge in [0.2, 0.25) is 0 Å². The van der Waals surface area contributed by atoms with Gasteiger partial charge in [-0.15, -0.1) is 0 Å². The topological polar surface area (TPSA) is 76.1 Å². The van der Waals surface area contributed by atoms with Gasteiger partial charge in [0.1, 0.15) is 0 Å². The van der Waals surface area contributed by atoms with Crippen LogP contribution in [0.5, 0.6) is 0 Å². The van der Waals surface area contributed by atoms with E-state index in [-0.39, 0.29) is 0 Å². The molecule has 2 saturated carbocycles. The molecule has 0 amide bonds. The molecule has 0 radical (unpaired) electrons. The van der Waals surface area contributed by atoms with E-state index in [2.05, 4.69) is 10.6 Å². The minimum absolute atomic E-state index is 0.569. The molecule has 6 N–H and O–H groups in total. The van der Waals surface area contributed by atoms with Crippen LogP contribution in [-0.4, -0.2) is 25.9 Å². The van der Waals surface area contributed by atoms with Gasteiger partial charge in [0.25, 0.3) is 0 Å². The lowest BCUT2D eigenvalue weighted by molar-refractivity contribution is 0.368. The molecule has 0 atom stereocenters. The summed E-state index contributed by atoms with van der Waals surface area (Å²) < 4.78 is 0. The van der Waals surface area contributed by atoms with E-state index in [1.54, 1.807) is 0 Å². The first-order valence-corrected chi connectivity index (χ1v) is 19.2. The number of hydrogen-bond donors (Lipinski definition) is 4. The van der Waals surface area contributed by atoms with Crippen LogP contribution in [0.3, 0.4) is 0 Å². The molecule has 0 unspecified atom stereocenters. The van der Waals surface area contributed by atoms with Crippen molar-refractivity contribution in [1.29, 1.82) is 0 Å². The van der Waals surface area contributed by atoms with Crippen molar-refractivity contribution >= 4 is 0 Å². The average molecular weight is 579 g/mol. The highest BCUT2D eigenvalue weighted by atomic mass is 15.1. The Labute approximate surface area is 259 Å². The van der Waals surface area contributed by atoms with Crippen LogP contribution < -0.4 is 22.1 Å². The van der Waals surface area contributed by atoms with Crippen molar-refractivity contribution in [2.75, 3.05) is 19.9 Å². The molecule has 2 aliphatic rings. The summed E-state index contributed by atoms with van der Waals surface area (Å²) in [6.07, 6.45) is 46.3. The lowest BCUT2D eigenvalue weighted by Crippen LogP contribution is -2.39. The summed E-state index contributed by atoms with van der Waals surface area (Å²) in [5.74, 6) is 1.02. The molecule has 0 saturated heterocycles. The van der Waals surface area contributed by atoms with Gasteiger partial charge < -0.3 is 16.8 Å². The summed E-state index contributed by atoms with van der Waals surface area (Å²) in [6.45, 7) is 2.31. The van der Waals surface area contributed by atoms with E-state index in [4.69, 9.17) is 11.5 Å². The number of hydrogen-bond acceptors (Lipinski definition) is 4. The van der Waals surface area contributed by atoms with Crippen LogP contribution in [-0.2, 0) is 0 Å². The molecule has 0 aliphatic heterocycles. The number of unbranched alkanes of at least 4 members (excludes halogenated alkanes) is 2. The van der Waals surface area contributed by atoms with Gasteiger partial charge in [0.05, 0.1) is 0 Å². The van der Waals surface area contributed by atoms with Gasteiger partial charge >= 0.3 is 0 Å². The van der Waals surface area contributed by atoms with Gasteiger partial charge in [0.15, 0.2) is 0 Å². The van der Waals surface area contributed by atoms with Gasteiger partial charge in [-0.2, -0.15) is 0 Å². The van der Waals surface area contributed by atoms with E-state index < -0.39 is 0 Å². The molecule has 0 spiro atoms. The van der Waals surface area contributed by atoms with Crippen LogP contribution in [0.2, 0.25) is 0 Å². The Hall–Kier alpha value is -0.160. The van der Waals surface area contributed by atoms with E-state index in [0.29, 0.717) is 12.7 Å². The first-order valence-electron chi connectivity index (χ1n) is 19.2. The van der Waals surface area contributed by atoms with E-state index in [1.165, 1.54) is 205 Å². The van der Waals surface area contributed by atoms with Crippen LogP contribution in [0.15, 0.2) is 0 Å². The summed E-state index contributed by atoms with van der Waals surface area (Å²) in [5, 5.41) is 6.80. The predicted octanol–water partition coefficient (Wildman–Crippen LogP) is 10.5.